The topological polar surface area (TPSA) is 47.1 Å². The summed E-state index contributed by atoms with van der Waals surface area (Å²) in [5.41, 5.74) is 8.68. The molecule has 5 heteroatoms. The van der Waals surface area contributed by atoms with Crippen molar-refractivity contribution < 1.29 is 9.47 Å². The van der Waals surface area contributed by atoms with Crippen molar-refractivity contribution in [3.63, 3.8) is 0 Å². The highest BCUT2D eigenvalue weighted by Gasteiger charge is 2.20. The number of nitrogens with one attached hydrogen (secondary N) is 1. The van der Waals surface area contributed by atoms with Crippen LogP contribution in [0.15, 0.2) is 48.7 Å². The molecular formula is C27H27IN2O2. The number of hydrogen-bond acceptors (Lipinski definition) is 3. The van der Waals surface area contributed by atoms with Crippen molar-refractivity contribution in [3.8, 4) is 22.8 Å². The average Bonchev–Trinajstić information content (AvgIpc) is 3.22. The van der Waals surface area contributed by atoms with E-state index in [4.69, 9.17) is 9.47 Å². The average molecular weight is 538 g/mol. The molecule has 0 saturated carbocycles. The Hall–Kier alpha value is -2.38. The summed E-state index contributed by atoms with van der Waals surface area (Å²) in [5, 5.41) is 1.28. The van der Waals surface area contributed by atoms with Crippen LogP contribution in [0.5, 0.6) is 11.6 Å². The number of ether oxygens (including phenoxy) is 2. The molecule has 0 bridgehead atoms. The molecule has 1 aliphatic rings. The van der Waals surface area contributed by atoms with Gasteiger partial charge in [-0.3, -0.25) is 0 Å². The van der Waals surface area contributed by atoms with Crippen molar-refractivity contribution in [3.05, 3.63) is 74.6 Å². The van der Waals surface area contributed by atoms with Crippen LogP contribution in [0, 0.1) is 24.3 Å². The van der Waals surface area contributed by atoms with Gasteiger partial charge in [0.1, 0.15) is 5.75 Å². The van der Waals surface area contributed by atoms with E-state index >= 15 is 0 Å². The molecule has 0 amide bonds. The van der Waals surface area contributed by atoms with E-state index in [-0.39, 0.29) is 6.10 Å². The molecule has 0 aliphatic carbocycles. The highest BCUT2D eigenvalue weighted by atomic mass is 127. The lowest BCUT2D eigenvalue weighted by Crippen LogP contribution is -2.11. The summed E-state index contributed by atoms with van der Waals surface area (Å²) in [4.78, 5) is 7.97. The molecule has 0 spiro atoms. The van der Waals surface area contributed by atoms with E-state index in [1.807, 2.05) is 18.2 Å². The van der Waals surface area contributed by atoms with Crippen LogP contribution in [-0.2, 0) is 4.74 Å². The zero-order valence-corrected chi connectivity index (χ0v) is 20.8. The molecule has 164 valence electrons. The predicted molar refractivity (Wildman–Crippen MR) is 138 cm³/mol. The molecule has 4 nitrogen and oxygen atoms in total. The fraction of sp³-hybridized carbons (Fsp3) is 0.296. The number of halogens is 1. The van der Waals surface area contributed by atoms with Crippen molar-refractivity contribution in [1.29, 1.82) is 0 Å². The largest absolute Gasteiger partial charge is 0.438 e. The summed E-state index contributed by atoms with van der Waals surface area (Å²) >= 11 is 2.25. The van der Waals surface area contributed by atoms with Crippen LogP contribution in [0.25, 0.3) is 22.0 Å². The van der Waals surface area contributed by atoms with Gasteiger partial charge in [-0.05, 0) is 127 Å². The first-order valence-corrected chi connectivity index (χ1v) is 12.2. The number of aryl methyl sites for hydroxylation is 3. The minimum atomic E-state index is 0.187. The molecule has 32 heavy (non-hydrogen) atoms. The van der Waals surface area contributed by atoms with E-state index in [1.54, 1.807) is 6.20 Å². The van der Waals surface area contributed by atoms with Gasteiger partial charge >= 0.3 is 0 Å². The maximum absolute atomic E-state index is 6.04. The molecule has 4 aromatic rings. The molecule has 5 rings (SSSR count). The number of aromatic nitrogens is 2. The number of fused-ring (bicyclic) bond motifs is 1. The minimum Gasteiger partial charge on any atom is -0.438 e. The van der Waals surface area contributed by atoms with Gasteiger partial charge in [0.2, 0.25) is 5.88 Å². The van der Waals surface area contributed by atoms with Gasteiger partial charge in [-0.2, -0.15) is 0 Å². The van der Waals surface area contributed by atoms with Gasteiger partial charge in [-0.15, -0.1) is 0 Å². The van der Waals surface area contributed by atoms with Gasteiger partial charge in [-0.25, -0.2) is 4.98 Å². The minimum absolute atomic E-state index is 0.187. The predicted octanol–water partition coefficient (Wildman–Crippen LogP) is 7.79. The fourth-order valence-corrected chi connectivity index (χ4v) is 5.20. The van der Waals surface area contributed by atoms with Crippen LogP contribution >= 0.6 is 22.6 Å². The number of benzene rings is 2. The Labute approximate surface area is 202 Å². The van der Waals surface area contributed by atoms with Crippen molar-refractivity contribution in [2.75, 3.05) is 6.61 Å². The molecule has 1 N–H and O–H groups in total. The summed E-state index contributed by atoms with van der Waals surface area (Å²) in [6.45, 7) is 7.42. The summed E-state index contributed by atoms with van der Waals surface area (Å²) in [7, 11) is 0. The summed E-state index contributed by atoms with van der Waals surface area (Å²) in [6.07, 6.45) is 5.43. The van der Waals surface area contributed by atoms with E-state index in [1.165, 1.54) is 50.8 Å². The molecule has 2 aromatic heterocycles. The van der Waals surface area contributed by atoms with Gasteiger partial charge in [-0.1, -0.05) is 6.07 Å². The van der Waals surface area contributed by atoms with Gasteiger partial charge in [0.25, 0.3) is 0 Å². The van der Waals surface area contributed by atoms with E-state index < -0.39 is 0 Å². The molecule has 2 aromatic carbocycles. The molecule has 1 saturated heterocycles. The number of pyridine rings is 1. The summed E-state index contributed by atoms with van der Waals surface area (Å²) < 4.78 is 13.1. The van der Waals surface area contributed by atoms with Crippen molar-refractivity contribution in [2.24, 2.45) is 0 Å². The number of aromatic amines is 1. The molecule has 1 aliphatic heterocycles. The maximum Gasteiger partial charge on any atom is 0.232 e. The second-order valence-electron chi connectivity index (χ2n) is 8.60. The van der Waals surface area contributed by atoms with Crippen LogP contribution in [0.3, 0.4) is 0 Å². The first kappa shape index (κ1) is 21.5. The van der Waals surface area contributed by atoms with E-state index in [9.17, 15) is 0 Å². The zero-order valence-electron chi connectivity index (χ0n) is 18.7. The molecule has 0 radical (unpaired) electrons. The quantitative estimate of drug-likeness (QED) is 0.270. The van der Waals surface area contributed by atoms with Crippen molar-refractivity contribution in [2.45, 2.75) is 46.1 Å². The van der Waals surface area contributed by atoms with Crippen LogP contribution < -0.4 is 4.74 Å². The van der Waals surface area contributed by atoms with Gasteiger partial charge in [0.15, 0.2) is 0 Å². The Morgan fingerprint density at radius 1 is 1.06 bits per heavy atom. The first-order chi connectivity index (χ1) is 15.5. The highest BCUT2D eigenvalue weighted by molar-refractivity contribution is 14.1. The SMILES string of the molecule is Cc1cc(Oc2ncccc2I)ccc1-c1c(C)cc2[nH]c(C3CCCCO3)cc2c1C. The van der Waals surface area contributed by atoms with Crippen molar-refractivity contribution >= 4 is 33.5 Å². The number of hydrogen-bond donors (Lipinski definition) is 1. The van der Waals surface area contributed by atoms with Gasteiger partial charge in [0, 0.05) is 29.4 Å². The normalized spacial score (nSPS) is 16.4. The van der Waals surface area contributed by atoms with E-state index in [0.29, 0.717) is 5.88 Å². The van der Waals surface area contributed by atoms with Crippen molar-refractivity contribution in [1.82, 2.24) is 9.97 Å². The standard InChI is InChI=1S/C27H27IN2O2/c1-16-13-19(32-27-22(28)7-6-11-29-27)9-10-20(16)26-17(2)14-23-21(18(26)3)15-24(30-23)25-8-4-5-12-31-25/h6-7,9-11,13-15,25,30H,4-5,8,12H2,1-3H3. The molecule has 1 fully saturated rings. The number of rotatable bonds is 4. The zero-order chi connectivity index (χ0) is 22.2. The van der Waals surface area contributed by atoms with Gasteiger partial charge in [0.05, 0.1) is 9.67 Å². The first-order valence-electron chi connectivity index (χ1n) is 11.1. The number of H-pyrrole nitrogens is 1. The Bertz CT molecular complexity index is 1290. The smallest absolute Gasteiger partial charge is 0.232 e. The third kappa shape index (κ3) is 4.04. The molecule has 1 unspecified atom stereocenters. The fourth-order valence-electron chi connectivity index (χ4n) is 4.75. The van der Waals surface area contributed by atoms with E-state index in [0.717, 1.165) is 28.8 Å². The second kappa shape index (κ2) is 8.87. The highest BCUT2D eigenvalue weighted by Crippen LogP contribution is 2.38. The maximum atomic E-state index is 6.04. The Morgan fingerprint density at radius 3 is 2.69 bits per heavy atom. The van der Waals surface area contributed by atoms with Crippen LogP contribution in [0.2, 0.25) is 0 Å². The Morgan fingerprint density at radius 2 is 1.94 bits per heavy atom. The Kier molecular flexibility index (Phi) is 5.95. The monoisotopic (exact) mass is 538 g/mol. The molecule has 3 heterocycles. The summed E-state index contributed by atoms with van der Waals surface area (Å²) in [5.74, 6) is 1.44. The third-order valence-electron chi connectivity index (χ3n) is 6.34. The lowest BCUT2D eigenvalue weighted by molar-refractivity contribution is 0.0127. The van der Waals surface area contributed by atoms with Crippen LogP contribution in [0.4, 0.5) is 0 Å². The van der Waals surface area contributed by atoms with Gasteiger partial charge < -0.3 is 14.5 Å². The number of nitrogens with zero attached hydrogens (tertiary/aromatic N) is 1. The second-order valence-corrected chi connectivity index (χ2v) is 9.77. The third-order valence-corrected chi connectivity index (χ3v) is 7.16. The lowest BCUT2D eigenvalue weighted by atomic mass is 9.90. The van der Waals surface area contributed by atoms with Crippen LogP contribution in [0.1, 0.15) is 47.8 Å². The molecular weight excluding hydrogens is 511 g/mol. The molecule has 1 atom stereocenters. The lowest BCUT2D eigenvalue weighted by Gasteiger charge is -2.21. The Balaban J connectivity index is 1.51. The van der Waals surface area contributed by atoms with E-state index in [2.05, 4.69) is 77.6 Å². The summed E-state index contributed by atoms with van der Waals surface area (Å²) in [6, 6.07) is 14.8. The van der Waals surface area contributed by atoms with Crippen LogP contribution in [-0.4, -0.2) is 16.6 Å².